The normalized spacial score (nSPS) is 10.8. The molecule has 126 valence electrons. The molecule has 2 N–H and O–H groups in total. The summed E-state index contributed by atoms with van der Waals surface area (Å²) in [5.41, 5.74) is 5.65. The third kappa shape index (κ3) is 5.70. The highest BCUT2D eigenvalue weighted by Gasteiger charge is 2.04. The van der Waals surface area contributed by atoms with Gasteiger partial charge in [0.25, 0.3) is 5.91 Å². The van der Waals surface area contributed by atoms with Crippen molar-refractivity contribution in [1.29, 1.82) is 0 Å². The van der Waals surface area contributed by atoms with Crippen molar-refractivity contribution in [2.45, 2.75) is 26.2 Å². The van der Waals surface area contributed by atoms with Crippen LogP contribution in [0.25, 0.3) is 17.4 Å². The number of benzene rings is 1. The van der Waals surface area contributed by atoms with E-state index in [4.69, 9.17) is 4.42 Å². The minimum Gasteiger partial charge on any atom is -0.457 e. The second-order valence-electron chi connectivity index (χ2n) is 5.18. The number of unbranched alkanes of at least 4 members (excludes halogenated alkanes) is 1. The number of carbonyl (C=O) groups excluding carboxylic acids is 2. The number of hydrogen-bond acceptors (Lipinski definition) is 3. The Balaban J connectivity index is 1.87. The van der Waals surface area contributed by atoms with E-state index in [2.05, 4.69) is 26.8 Å². The van der Waals surface area contributed by atoms with Crippen molar-refractivity contribution >= 4 is 33.8 Å². The molecule has 0 aliphatic heterocycles. The van der Waals surface area contributed by atoms with Crippen molar-refractivity contribution in [3.05, 3.63) is 52.7 Å². The van der Waals surface area contributed by atoms with Gasteiger partial charge >= 0.3 is 0 Å². The molecule has 0 bridgehead atoms. The van der Waals surface area contributed by atoms with Crippen LogP contribution in [0.4, 0.5) is 0 Å². The molecule has 0 radical (unpaired) electrons. The minimum atomic E-state index is -0.415. The summed E-state index contributed by atoms with van der Waals surface area (Å²) in [7, 11) is 0. The van der Waals surface area contributed by atoms with Gasteiger partial charge in [0.05, 0.1) is 0 Å². The zero-order chi connectivity index (χ0) is 17.4. The van der Waals surface area contributed by atoms with E-state index in [1.807, 2.05) is 37.3 Å². The summed E-state index contributed by atoms with van der Waals surface area (Å²) in [6, 6.07) is 11.4. The fourth-order valence-corrected chi connectivity index (χ4v) is 2.21. The smallest absolute Gasteiger partial charge is 0.262 e. The zero-order valence-corrected chi connectivity index (χ0v) is 14.9. The number of amides is 2. The molecule has 2 aromatic rings. The lowest BCUT2D eigenvalue weighted by atomic mass is 10.2. The number of nitrogens with one attached hydrogen (secondary N) is 2. The van der Waals surface area contributed by atoms with E-state index in [1.165, 1.54) is 6.08 Å². The zero-order valence-electron chi connectivity index (χ0n) is 13.3. The third-order valence-electron chi connectivity index (χ3n) is 3.24. The molecule has 0 saturated heterocycles. The van der Waals surface area contributed by atoms with Gasteiger partial charge in [-0.05, 0) is 36.8 Å². The van der Waals surface area contributed by atoms with Crippen molar-refractivity contribution in [3.63, 3.8) is 0 Å². The van der Waals surface area contributed by atoms with Crippen LogP contribution in [-0.2, 0) is 9.59 Å². The van der Waals surface area contributed by atoms with Gasteiger partial charge in [0.1, 0.15) is 11.5 Å². The molecule has 5 nitrogen and oxygen atoms in total. The van der Waals surface area contributed by atoms with Crippen LogP contribution in [0.5, 0.6) is 0 Å². The Morgan fingerprint density at radius 3 is 2.58 bits per heavy atom. The monoisotopic (exact) mass is 390 g/mol. The van der Waals surface area contributed by atoms with E-state index < -0.39 is 5.91 Å². The van der Waals surface area contributed by atoms with Gasteiger partial charge in [0.2, 0.25) is 5.91 Å². The van der Waals surface area contributed by atoms with E-state index >= 15 is 0 Å². The molecular formula is C18H19BrN2O3. The Kier molecular flexibility index (Phi) is 6.81. The number of hydrazine groups is 1. The number of furan rings is 1. The number of hydrogen-bond donors (Lipinski definition) is 2. The summed E-state index contributed by atoms with van der Waals surface area (Å²) < 4.78 is 6.67. The molecule has 1 aromatic carbocycles. The highest BCUT2D eigenvalue weighted by molar-refractivity contribution is 9.10. The van der Waals surface area contributed by atoms with Crippen molar-refractivity contribution in [1.82, 2.24) is 10.9 Å². The highest BCUT2D eigenvalue weighted by Crippen LogP contribution is 2.24. The van der Waals surface area contributed by atoms with Gasteiger partial charge in [-0.2, -0.15) is 0 Å². The van der Waals surface area contributed by atoms with Crippen LogP contribution in [-0.4, -0.2) is 11.8 Å². The van der Waals surface area contributed by atoms with Crippen LogP contribution < -0.4 is 10.9 Å². The topological polar surface area (TPSA) is 71.3 Å². The summed E-state index contributed by atoms with van der Waals surface area (Å²) in [5, 5.41) is 0. The summed E-state index contributed by atoms with van der Waals surface area (Å²) in [6.07, 6.45) is 4.98. The first-order valence-corrected chi connectivity index (χ1v) is 8.50. The molecule has 1 heterocycles. The van der Waals surface area contributed by atoms with Gasteiger partial charge in [0, 0.05) is 22.5 Å². The van der Waals surface area contributed by atoms with Crippen LogP contribution in [0.3, 0.4) is 0 Å². The summed E-state index contributed by atoms with van der Waals surface area (Å²) in [4.78, 5) is 23.0. The molecule has 0 aliphatic carbocycles. The standard InChI is InChI=1S/C18H19BrN2O3/c1-2-3-4-17(22)20-21-18(23)12-10-15-9-11-16(24-15)13-5-7-14(19)8-6-13/h5-12H,2-4H2,1H3,(H,20,22)(H,21,23). The maximum atomic E-state index is 11.6. The molecule has 1 aromatic heterocycles. The predicted molar refractivity (Wildman–Crippen MR) is 96.7 cm³/mol. The molecule has 0 aliphatic rings. The van der Waals surface area contributed by atoms with Crippen LogP contribution in [0, 0.1) is 0 Å². The van der Waals surface area contributed by atoms with Crippen molar-refractivity contribution in [3.8, 4) is 11.3 Å². The average Bonchev–Trinajstić information content (AvgIpc) is 3.06. The molecule has 0 unspecified atom stereocenters. The van der Waals surface area contributed by atoms with Gasteiger partial charge in [-0.1, -0.05) is 41.4 Å². The van der Waals surface area contributed by atoms with Crippen LogP contribution >= 0.6 is 15.9 Å². The van der Waals surface area contributed by atoms with E-state index in [9.17, 15) is 9.59 Å². The lowest BCUT2D eigenvalue weighted by molar-refractivity contribution is -0.126. The SMILES string of the molecule is CCCCC(=O)NNC(=O)C=Cc1ccc(-c2ccc(Br)cc2)o1. The van der Waals surface area contributed by atoms with Crippen LogP contribution in [0.15, 0.2) is 51.4 Å². The molecule has 0 spiro atoms. The fourth-order valence-electron chi connectivity index (χ4n) is 1.94. The number of carbonyl (C=O) groups is 2. The van der Waals surface area contributed by atoms with Gasteiger partial charge in [-0.25, -0.2) is 0 Å². The molecule has 6 heteroatoms. The second-order valence-corrected chi connectivity index (χ2v) is 6.10. The largest absolute Gasteiger partial charge is 0.457 e. The molecule has 0 saturated carbocycles. The first-order chi connectivity index (χ1) is 11.6. The quantitative estimate of drug-likeness (QED) is 0.576. The maximum absolute atomic E-state index is 11.6. The number of halogens is 1. The predicted octanol–water partition coefficient (Wildman–Crippen LogP) is 4.06. The Hall–Kier alpha value is -2.34. The Morgan fingerprint density at radius 2 is 1.88 bits per heavy atom. The Morgan fingerprint density at radius 1 is 1.12 bits per heavy atom. The minimum absolute atomic E-state index is 0.200. The molecule has 2 amide bonds. The van der Waals surface area contributed by atoms with E-state index in [0.717, 1.165) is 28.6 Å². The second kappa shape index (κ2) is 9.08. The molecule has 2 rings (SSSR count). The Labute approximate surface area is 149 Å². The van der Waals surface area contributed by atoms with Crippen molar-refractivity contribution in [2.24, 2.45) is 0 Å². The summed E-state index contributed by atoms with van der Waals surface area (Å²) in [6.45, 7) is 2.00. The molecule has 24 heavy (non-hydrogen) atoms. The maximum Gasteiger partial charge on any atom is 0.262 e. The first-order valence-electron chi connectivity index (χ1n) is 7.71. The van der Waals surface area contributed by atoms with E-state index in [1.54, 1.807) is 12.1 Å². The molecule has 0 fully saturated rings. The van der Waals surface area contributed by atoms with Gasteiger partial charge in [0.15, 0.2) is 0 Å². The third-order valence-corrected chi connectivity index (χ3v) is 3.77. The van der Waals surface area contributed by atoms with Gasteiger partial charge in [-0.15, -0.1) is 0 Å². The lowest BCUT2D eigenvalue weighted by Gasteiger charge is -2.03. The van der Waals surface area contributed by atoms with E-state index in [0.29, 0.717) is 12.2 Å². The average molecular weight is 391 g/mol. The van der Waals surface area contributed by atoms with Crippen molar-refractivity contribution in [2.75, 3.05) is 0 Å². The van der Waals surface area contributed by atoms with Gasteiger partial charge < -0.3 is 4.42 Å². The highest BCUT2D eigenvalue weighted by atomic mass is 79.9. The summed E-state index contributed by atoms with van der Waals surface area (Å²) in [5.74, 6) is 0.659. The molecule has 0 atom stereocenters. The Bertz CT molecular complexity index is 720. The van der Waals surface area contributed by atoms with E-state index in [-0.39, 0.29) is 5.91 Å². The van der Waals surface area contributed by atoms with Gasteiger partial charge in [-0.3, -0.25) is 20.4 Å². The first kappa shape index (κ1) is 18.0. The van der Waals surface area contributed by atoms with Crippen LogP contribution in [0.2, 0.25) is 0 Å². The molecular weight excluding hydrogens is 372 g/mol. The summed E-state index contributed by atoms with van der Waals surface area (Å²) >= 11 is 3.39. The fraction of sp³-hybridized carbons (Fsp3) is 0.222. The number of rotatable bonds is 6. The van der Waals surface area contributed by atoms with Crippen LogP contribution in [0.1, 0.15) is 31.9 Å². The lowest BCUT2D eigenvalue weighted by Crippen LogP contribution is -2.40. The van der Waals surface area contributed by atoms with Crippen molar-refractivity contribution < 1.29 is 14.0 Å².